The number of nitrogens with one attached hydrogen (secondary N) is 1. The van der Waals surface area contributed by atoms with Crippen LogP contribution in [0.4, 0.5) is 5.13 Å². The topological polar surface area (TPSA) is 80.8 Å². The maximum absolute atomic E-state index is 13.1. The molecule has 2 amide bonds. The predicted octanol–water partition coefficient (Wildman–Crippen LogP) is 4.32. The number of hydrogen-bond donors (Lipinski definition) is 1. The number of ether oxygens (including phenoxy) is 2. The minimum absolute atomic E-state index is 0.0769. The van der Waals surface area contributed by atoms with E-state index < -0.39 is 0 Å². The van der Waals surface area contributed by atoms with Gasteiger partial charge in [-0.15, -0.1) is 11.3 Å². The highest BCUT2D eigenvalue weighted by Gasteiger charge is 2.20. The molecule has 0 spiro atoms. The van der Waals surface area contributed by atoms with Gasteiger partial charge in [0.05, 0.1) is 19.9 Å². The Kier molecular flexibility index (Phi) is 7.61. The van der Waals surface area contributed by atoms with Crippen molar-refractivity contribution in [1.82, 2.24) is 9.88 Å². The quantitative estimate of drug-likeness (QED) is 0.537. The monoisotopic (exact) mass is 439 g/mol. The average Bonchev–Trinajstić information content (AvgIpc) is 3.26. The molecular formula is C23H25N3O4S. The maximum atomic E-state index is 13.1. The Morgan fingerprint density at radius 1 is 1.06 bits per heavy atom. The number of nitrogens with zero attached hydrogens (tertiary/aromatic N) is 2. The lowest BCUT2D eigenvalue weighted by Crippen LogP contribution is -2.38. The van der Waals surface area contributed by atoms with Crippen molar-refractivity contribution in [2.75, 3.05) is 32.6 Å². The van der Waals surface area contributed by atoms with Crippen LogP contribution >= 0.6 is 11.3 Å². The molecule has 8 heteroatoms. The zero-order valence-corrected chi connectivity index (χ0v) is 18.6. The third-order valence-electron chi connectivity index (χ3n) is 4.53. The highest BCUT2D eigenvalue weighted by atomic mass is 32.1. The average molecular weight is 440 g/mol. The Labute approximate surface area is 185 Å². The number of methoxy groups -OCH3 is 2. The van der Waals surface area contributed by atoms with E-state index in [1.54, 1.807) is 18.2 Å². The number of rotatable bonds is 9. The molecule has 0 aliphatic rings. The van der Waals surface area contributed by atoms with Crippen molar-refractivity contribution in [2.45, 2.75) is 13.3 Å². The Morgan fingerprint density at radius 3 is 2.35 bits per heavy atom. The number of hydrogen-bond acceptors (Lipinski definition) is 6. The van der Waals surface area contributed by atoms with Gasteiger partial charge in [-0.3, -0.25) is 9.59 Å². The fourth-order valence-electron chi connectivity index (χ4n) is 3.04. The smallest absolute Gasteiger partial charge is 0.254 e. The number of carbonyl (C=O) groups is 2. The van der Waals surface area contributed by atoms with Crippen molar-refractivity contribution in [3.05, 3.63) is 59.5 Å². The second-order valence-electron chi connectivity index (χ2n) is 6.78. The summed E-state index contributed by atoms with van der Waals surface area (Å²) in [6, 6.07) is 14.7. The third-order valence-corrected chi connectivity index (χ3v) is 5.29. The van der Waals surface area contributed by atoms with Gasteiger partial charge in [0, 0.05) is 29.1 Å². The molecule has 0 saturated heterocycles. The fraction of sp³-hybridized carbons (Fsp3) is 0.261. The van der Waals surface area contributed by atoms with E-state index in [4.69, 9.17) is 9.47 Å². The van der Waals surface area contributed by atoms with Crippen LogP contribution < -0.4 is 14.8 Å². The first-order valence-electron chi connectivity index (χ1n) is 9.87. The van der Waals surface area contributed by atoms with Crippen LogP contribution in [0.1, 0.15) is 23.7 Å². The van der Waals surface area contributed by atoms with E-state index in [1.807, 2.05) is 42.6 Å². The molecule has 0 radical (unpaired) electrons. The number of amides is 2. The summed E-state index contributed by atoms with van der Waals surface area (Å²) in [5, 5.41) is 5.19. The van der Waals surface area contributed by atoms with E-state index in [0.29, 0.717) is 28.7 Å². The minimum atomic E-state index is -0.300. The first-order valence-corrected chi connectivity index (χ1v) is 10.7. The largest absolute Gasteiger partial charge is 0.497 e. The predicted molar refractivity (Wildman–Crippen MR) is 122 cm³/mol. The third kappa shape index (κ3) is 5.82. The number of thiazole rings is 1. The Balaban J connectivity index is 1.70. The molecule has 3 aromatic rings. The fourth-order valence-corrected chi connectivity index (χ4v) is 3.78. The van der Waals surface area contributed by atoms with Gasteiger partial charge in [-0.05, 0) is 18.6 Å². The Morgan fingerprint density at radius 2 is 1.74 bits per heavy atom. The lowest BCUT2D eigenvalue weighted by atomic mass is 10.1. The molecular weight excluding hydrogens is 414 g/mol. The highest BCUT2D eigenvalue weighted by Crippen LogP contribution is 2.25. The van der Waals surface area contributed by atoms with E-state index in [1.165, 1.54) is 30.5 Å². The summed E-state index contributed by atoms with van der Waals surface area (Å²) in [6.45, 7) is 2.32. The van der Waals surface area contributed by atoms with E-state index in [-0.39, 0.29) is 18.4 Å². The summed E-state index contributed by atoms with van der Waals surface area (Å²) in [7, 11) is 3.05. The molecule has 3 rings (SSSR count). The summed E-state index contributed by atoms with van der Waals surface area (Å²) in [4.78, 5) is 31.7. The molecule has 7 nitrogen and oxygen atoms in total. The SMILES string of the molecule is CCCN(CC(=O)Nc1nc(-c2ccccc2)cs1)C(=O)c1cc(OC)cc(OC)c1. The van der Waals surface area contributed by atoms with E-state index in [9.17, 15) is 9.59 Å². The molecule has 0 saturated carbocycles. The number of aromatic nitrogens is 1. The lowest BCUT2D eigenvalue weighted by Gasteiger charge is -2.22. The molecule has 0 aliphatic heterocycles. The van der Waals surface area contributed by atoms with Crippen LogP contribution in [0.2, 0.25) is 0 Å². The number of anilines is 1. The molecule has 0 aliphatic carbocycles. The molecule has 0 atom stereocenters. The summed E-state index contributed by atoms with van der Waals surface area (Å²) in [6.07, 6.45) is 0.718. The summed E-state index contributed by atoms with van der Waals surface area (Å²) in [5.74, 6) is 0.462. The van der Waals surface area contributed by atoms with Crippen LogP contribution in [-0.4, -0.2) is 49.0 Å². The molecule has 31 heavy (non-hydrogen) atoms. The molecule has 1 aromatic heterocycles. The van der Waals surface area contributed by atoms with E-state index >= 15 is 0 Å². The van der Waals surface area contributed by atoms with Crippen LogP contribution in [0.15, 0.2) is 53.9 Å². The highest BCUT2D eigenvalue weighted by molar-refractivity contribution is 7.14. The molecule has 0 fully saturated rings. The summed E-state index contributed by atoms with van der Waals surface area (Å²) >= 11 is 1.35. The maximum Gasteiger partial charge on any atom is 0.254 e. The van der Waals surface area contributed by atoms with E-state index in [2.05, 4.69) is 10.3 Å². The van der Waals surface area contributed by atoms with E-state index in [0.717, 1.165) is 17.7 Å². The van der Waals surface area contributed by atoms with Crippen LogP contribution in [0.25, 0.3) is 11.3 Å². The van der Waals surface area contributed by atoms with Crippen molar-refractivity contribution in [3.8, 4) is 22.8 Å². The van der Waals surface area contributed by atoms with Gasteiger partial charge in [0.15, 0.2) is 5.13 Å². The second-order valence-corrected chi connectivity index (χ2v) is 7.64. The van der Waals surface area contributed by atoms with Crippen LogP contribution in [-0.2, 0) is 4.79 Å². The molecule has 1 heterocycles. The summed E-state index contributed by atoms with van der Waals surface area (Å²) in [5.41, 5.74) is 2.18. The van der Waals surface area contributed by atoms with Gasteiger partial charge in [-0.25, -0.2) is 4.98 Å². The lowest BCUT2D eigenvalue weighted by molar-refractivity contribution is -0.116. The van der Waals surface area contributed by atoms with Crippen molar-refractivity contribution in [2.24, 2.45) is 0 Å². The normalized spacial score (nSPS) is 10.4. The minimum Gasteiger partial charge on any atom is -0.497 e. The Hall–Kier alpha value is -3.39. The van der Waals surface area contributed by atoms with Gasteiger partial charge in [-0.1, -0.05) is 37.3 Å². The van der Waals surface area contributed by atoms with Crippen molar-refractivity contribution in [3.63, 3.8) is 0 Å². The molecule has 2 aromatic carbocycles. The molecule has 162 valence electrons. The van der Waals surface area contributed by atoms with Gasteiger partial charge in [0.1, 0.15) is 18.0 Å². The molecule has 0 bridgehead atoms. The van der Waals surface area contributed by atoms with Gasteiger partial charge in [0.2, 0.25) is 5.91 Å². The van der Waals surface area contributed by atoms with Gasteiger partial charge in [-0.2, -0.15) is 0 Å². The van der Waals surface area contributed by atoms with Gasteiger partial charge >= 0.3 is 0 Å². The van der Waals surface area contributed by atoms with Crippen LogP contribution in [0, 0.1) is 0 Å². The van der Waals surface area contributed by atoms with Crippen LogP contribution in [0.3, 0.4) is 0 Å². The zero-order valence-electron chi connectivity index (χ0n) is 17.8. The second kappa shape index (κ2) is 10.6. The van der Waals surface area contributed by atoms with Crippen molar-refractivity contribution >= 4 is 28.3 Å². The van der Waals surface area contributed by atoms with Gasteiger partial charge < -0.3 is 19.7 Å². The summed E-state index contributed by atoms with van der Waals surface area (Å²) < 4.78 is 10.5. The molecule has 0 unspecified atom stereocenters. The van der Waals surface area contributed by atoms with Crippen LogP contribution in [0.5, 0.6) is 11.5 Å². The molecule has 1 N–H and O–H groups in total. The standard InChI is InChI=1S/C23H25N3O4S/c1-4-10-26(22(28)17-11-18(29-2)13-19(12-17)30-3)14-21(27)25-23-24-20(15-31-23)16-8-6-5-7-9-16/h5-9,11-13,15H,4,10,14H2,1-3H3,(H,24,25,27). The van der Waals surface area contributed by atoms with Gasteiger partial charge in [0.25, 0.3) is 5.91 Å². The first-order chi connectivity index (χ1) is 15.0. The first kappa shape index (κ1) is 22.3. The van der Waals surface area contributed by atoms with Crippen molar-refractivity contribution in [1.29, 1.82) is 0 Å². The van der Waals surface area contributed by atoms with Crippen molar-refractivity contribution < 1.29 is 19.1 Å². The number of benzene rings is 2. The zero-order chi connectivity index (χ0) is 22.2. The number of carbonyl (C=O) groups excluding carboxylic acids is 2. The Bertz CT molecular complexity index is 1010.